The van der Waals surface area contributed by atoms with Crippen LogP contribution in [0.4, 0.5) is 5.69 Å². The Morgan fingerprint density at radius 2 is 1.71 bits per heavy atom. The summed E-state index contributed by atoms with van der Waals surface area (Å²) in [5.74, 6) is 0.208. The van der Waals surface area contributed by atoms with Crippen LogP contribution in [0.5, 0.6) is 0 Å². The van der Waals surface area contributed by atoms with Gasteiger partial charge < -0.3 is 15.1 Å². The summed E-state index contributed by atoms with van der Waals surface area (Å²) in [7, 11) is 2.01. The summed E-state index contributed by atoms with van der Waals surface area (Å²) >= 11 is 0. The molecule has 1 amide bonds. The fraction of sp³-hybridized carbons (Fsp3) is 0.611. The SMILES string of the molecule is CNC1CCN(C(=O)c2cc(C)ccc2N2CCCC2)CC1.Cl.Cl. The van der Waals surface area contributed by atoms with Gasteiger partial charge in [-0.05, 0) is 51.8 Å². The smallest absolute Gasteiger partial charge is 0.255 e. The molecule has 1 aromatic rings. The number of nitrogens with zero attached hydrogens (tertiary/aromatic N) is 2. The first-order valence-corrected chi connectivity index (χ1v) is 8.51. The van der Waals surface area contributed by atoms with Crippen LogP contribution in [0.3, 0.4) is 0 Å². The third-order valence-corrected chi connectivity index (χ3v) is 5.02. The molecule has 2 aliphatic heterocycles. The van der Waals surface area contributed by atoms with Crippen molar-refractivity contribution in [3.63, 3.8) is 0 Å². The van der Waals surface area contributed by atoms with Gasteiger partial charge in [-0.15, -0.1) is 24.8 Å². The van der Waals surface area contributed by atoms with Crippen LogP contribution in [-0.4, -0.2) is 50.1 Å². The van der Waals surface area contributed by atoms with E-state index in [0.717, 1.165) is 55.8 Å². The number of likely N-dealkylation sites (tertiary alicyclic amines) is 1. The summed E-state index contributed by atoms with van der Waals surface area (Å²) in [6.07, 6.45) is 4.56. The lowest BCUT2D eigenvalue weighted by Gasteiger charge is -2.33. The Kier molecular flexibility index (Phi) is 8.34. The molecule has 136 valence electrons. The number of halogens is 2. The van der Waals surface area contributed by atoms with E-state index >= 15 is 0 Å². The molecule has 1 aromatic carbocycles. The zero-order valence-electron chi connectivity index (χ0n) is 14.6. The highest BCUT2D eigenvalue weighted by Gasteiger charge is 2.26. The van der Waals surface area contributed by atoms with Crippen molar-refractivity contribution in [1.29, 1.82) is 0 Å². The van der Waals surface area contributed by atoms with Gasteiger partial charge in [-0.2, -0.15) is 0 Å². The van der Waals surface area contributed by atoms with Crippen LogP contribution in [0.1, 0.15) is 41.6 Å². The minimum Gasteiger partial charge on any atom is -0.371 e. The Morgan fingerprint density at radius 3 is 2.29 bits per heavy atom. The molecular weight excluding hydrogens is 345 g/mol. The fourth-order valence-corrected chi connectivity index (χ4v) is 3.60. The van der Waals surface area contributed by atoms with Crippen molar-refractivity contribution < 1.29 is 4.79 Å². The molecule has 0 spiro atoms. The van der Waals surface area contributed by atoms with Crippen LogP contribution in [0, 0.1) is 6.92 Å². The van der Waals surface area contributed by atoms with E-state index in [-0.39, 0.29) is 30.7 Å². The molecule has 0 bridgehead atoms. The molecule has 0 aliphatic carbocycles. The van der Waals surface area contributed by atoms with Crippen molar-refractivity contribution in [2.75, 3.05) is 38.1 Å². The molecule has 24 heavy (non-hydrogen) atoms. The van der Waals surface area contributed by atoms with E-state index in [4.69, 9.17) is 0 Å². The number of anilines is 1. The maximum Gasteiger partial charge on any atom is 0.255 e. The Bertz CT molecular complexity index is 539. The Balaban J connectivity index is 0.00000144. The topological polar surface area (TPSA) is 35.6 Å². The minimum atomic E-state index is 0. The predicted molar refractivity (Wildman–Crippen MR) is 105 cm³/mol. The maximum atomic E-state index is 13.0. The van der Waals surface area contributed by atoms with Crippen LogP contribution in [0.15, 0.2) is 18.2 Å². The van der Waals surface area contributed by atoms with Crippen LogP contribution >= 0.6 is 24.8 Å². The van der Waals surface area contributed by atoms with Gasteiger partial charge in [-0.1, -0.05) is 11.6 Å². The molecule has 0 aromatic heterocycles. The standard InChI is InChI=1S/C18H27N3O.2ClH/c1-14-5-6-17(20-9-3-4-10-20)16(13-14)18(22)21-11-7-15(19-2)8-12-21;;/h5-6,13,15,19H,3-4,7-12H2,1-2H3;2*1H. The van der Waals surface area contributed by atoms with Gasteiger partial charge in [0.15, 0.2) is 0 Å². The Morgan fingerprint density at radius 1 is 1.08 bits per heavy atom. The van der Waals surface area contributed by atoms with Crippen LogP contribution < -0.4 is 10.2 Å². The second-order valence-corrected chi connectivity index (χ2v) is 6.57. The third kappa shape index (κ3) is 4.56. The first-order valence-electron chi connectivity index (χ1n) is 8.51. The molecule has 0 radical (unpaired) electrons. The number of aryl methyl sites for hydroxylation is 1. The molecule has 2 heterocycles. The van der Waals surface area contributed by atoms with Crippen LogP contribution in [0.2, 0.25) is 0 Å². The number of carbonyl (C=O) groups is 1. The van der Waals surface area contributed by atoms with Crippen molar-refractivity contribution in [2.45, 2.75) is 38.6 Å². The lowest BCUT2D eigenvalue weighted by Crippen LogP contribution is -2.44. The lowest BCUT2D eigenvalue weighted by molar-refractivity contribution is 0.0708. The molecule has 2 saturated heterocycles. The number of hydrogen-bond donors (Lipinski definition) is 1. The van der Waals surface area contributed by atoms with Gasteiger partial charge in [0.05, 0.1) is 5.56 Å². The second-order valence-electron chi connectivity index (χ2n) is 6.57. The van der Waals surface area contributed by atoms with E-state index < -0.39 is 0 Å². The summed E-state index contributed by atoms with van der Waals surface area (Å²) < 4.78 is 0. The Hall–Kier alpha value is -0.970. The van der Waals surface area contributed by atoms with Gasteiger partial charge >= 0.3 is 0 Å². The van der Waals surface area contributed by atoms with Gasteiger partial charge in [0.1, 0.15) is 0 Å². The highest BCUT2D eigenvalue weighted by atomic mass is 35.5. The number of benzene rings is 1. The predicted octanol–water partition coefficient (Wildman–Crippen LogP) is 3.26. The fourth-order valence-electron chi connectivity index (χ4n) is 3.60. The minimum absolute atomic E-state index is 0. The maximum absolute atomic E-state index is 13.0. The molecule has 4 nitrogen and oxygen atoms in total. The molecule has 0 saturated carbocycles. The highest BCUT2D eigenvalue weighted by Crippen LogP contribution is 2.27. The largest absolute Gasteiger partial charge is 0.371 e. The quantitative estimate of drug-likeness (QED) is 0.882. The van der Waals surface area contributed by atoms with E-state index in [1.54, 1.807) is 0 Å². The van der Waals surface area contributed by atoms with Gasteiger partial charge in [-0.3, -0.25) is 4.79 Å². The normalized spacial score (nSPS) is 18.1. The number of carbonyl (C=O) groups excluding carboxylic acids is 1. The number of hydrogen-bond acceptors (Lipinski definition) is 3. The Labute approximate surface area is 157 Å². The zero-order valence-corrected chi connectivity index (χ0v) is 16.2. The number of nitrogens with one attached hydrogen (secondary N) is 1. The molecule has 2 fully saturated rings. The van der Waals surface area contributed by atoms with Crippen LogP contribution in [-0.2, 0) is 0 Å². The van der Waals surface area contributed by atoms with E-state index in [9.17, 15) is 4.79 Å². The van der Waals surface area contributed by atoms with E-state index in [0.29, 0.717) is 6.04 Å². The van der Waals surface area contributed by atoms with E-state index in [2.05, 4.69) is 35.3 Å². The molecule has 3 rings (SSSR count). The molecule has 0 atom stereocenters. The number of amides is 1. The van der Waals surface area contributed by atoms with Gasteiger partial charge in [0, 0.05) is 37.9 Å². The lowest BCUT2D eigenvalue weighted by atomic mass is 10.0. The summed E-state index contributed by atoms with van der Waals surface area (Å²) in [6, 6.07) is 6.88. The average Bonchev–Trinajstić information content (AvgIpc) is 3.08. The summed E-state index contributed by atoms with van der Waals surface area (Å²) in [6.45, 7) is 5.93. The van der Waals surface area contributed by atoms with E-state index in [1.807, 2.05) is 11.9 Å². The summed E-state index contributed by atoms with van der Waals surface area (Å²) in [5.41, 5.74) is 3.19. The van der Waals surface area contributed by atoms with Crippen molar-refractivity contribution in [1.82, 2.24) is 10.2 Å². The van der Waals surface area contributed by atoms with Crippen LogP contribution in [0.25, 0.3) is 0 Å². The molecule has 0 unspecified atom stereocenters. The summed E-state index contributed by atoms with van der Waals surface area (Å²) in [4.78, 5) is 17.4. The van der Waals surface area contributed by atoms with Gasteiger partial charge in [-0.25, -0.2) is 0 Å². The molecular formula is C18H29Cl2N3O. The van der Waals surface area contributed by atoms with Crippen molar-refractivity contribution in [3.05, 3.63) is 29.3 Å². The summed E-state index contributed by atoms with van der Waals surface area (Å²) in [5, 5.41) is 3.32. The third-order valence-electron chi connectivity index (χ3n) is 5.02. The number of piperidine rings is 1. The van der Waals surface area contributed by atoms with Crippen molar-refractivity contribution in [2.24, 2.45) is 0 Å². The average molecular weight is 374 g/mol. The first kappa shape index (κ1) is 21.1. The monoisotopic (exact) mass is 373 g/mol. The molecule has 6 heteroatoms. The second kappa shape index (κ2) is 9.50. The zero-order chi connectivity index (χ0) is 15.5. The molecule has 2 aliphatic rings. The van der Waals surface area contributed by atoms with Crippen molar-refractivity contribution in [3.8, 4) is 0 Å². The van der Waals surface area contributed by atoms with Crippen molar-refractivity contribution >= 4 is 36.4 Å². The van der Waals surface area contributed by atoms with E-state index in [1.165, 1.54) is 12.8 Å². The molecule has 1 N–H and O–H groups in total. The number of rotatable bonds is 3. The van der Waals surface area contributed by atoms with Gasteiger partial charge in [0.2, 0.25) is 0 Å². The van der Waals surface area contributed by atoms with Gasteiger partial charge in [0.25, 0.3) is 5.91 Å². The first-order chi connectivity index (χ1) is 10.7. The highest BCUT2D eigenvalue weighted by molar-refractivity contribution is 6.00.